The third-order valence-electron chi connectivity index (χ3n) is 2.59. The van der Waals surface area contributed by atoms with Gasteiger partial charge in [-0.05, 0) is 25.3 Å². The Bertz CT molecular complexity index is 251. The molecule has 0 unspecified atom stereocenters. The quantitative estimate of drug-likeness (QED) is 0.391. The lowest BCUT2D eigenvalue weighted by atomic mass is 10.2. The normalized spacial score (nSPS) is 11.5. The minimum Gasteiger partial charge on any atom is -0.297 e. The second-order valence-corrected chi connectivity index (χ2v) is 5.44. The van der Waals surface area contributed by atoms with Crippen LogP contribution in [0.1, 0.15) is 59.3 Å². The molecule has 0 aromatic rings. The fraction of sp³-hybridized carbons (Fsp3) is 0.786. The molecule has 0 aliphatic heterocycles. The van der Waals surface area contributed by atoms with E-state index in [-0.39, 0.29) is 4.49 Å². The highest BCUT2D eigenvalue weighted by Gasteiger charge is 2.03. The number of rotatable bonds is 10. The molecule has 0 radical (unpaired) electrons. The first-order valence-corrected chi connectivity index (χ1v) is 7.74. The zero-order valence-electron chi connectivity index (χ0n) is 11.9. The van der Waals surface area contributed by atoms with Gasteiger partial charge >= 0.3 is 0 Å². The Balaban J connectivity index is 4.64. The van der Waals surface area contributed by atoms with Crippen molar-refractivity contribution in [1.29, 1.82) is 0 Å². The lowest BCUT2D eigenvalue weighted by Crippen LogP contribution is -2.22. The Hall–Kier alpha value is -0.210. The van der Waals surface area contributed by atoms with E-state index in [2.05, 4.69) is 30.9 Å². The Morgan fingerprint density at radius 1 is 1.00 bits per heavy atom. The minimum absolute atomic E-state index is 0.285. The van der Waals surface area contributed by atoms with Crippen LogP contribution in [0.2, 0.25) is 0 Å². The molecule has 0 N–H and O–H groups in total. The summed E-state index contributed by atoms with van der Waals surface area (Å²) in [7, 11) is 0. The lowest BCUT2D eigenvalue weighted by Gasteiger charge is -2.20. The number of hydrazone groups is 1. The first kappa shape index (κ1) is 17.8. The molecule has 0 saturated carbocycles. The van der Waals surface area contributed by atoms with Crippen LogP contribution in [0.15, 0.2) is 15.7 Å². The van der Waals surface area contributed by atoms with Gasteiger partial charge in [-0.2, -0.15) is 5.10 Å². The molecule has 0 aliphatic carbocycles. The summed E-state index contributed by atoms with van der Waals surface area (Å²) in [5.74, 6) is 0. The highest BCUT2D eigenvalue weighted by molar-refractivity contribution is 6.56. The fourth-order valence-corrected chi connectivity index (χ4v) is 1.86. The third kappa shape index (κ3) is 9.78. The van der Waals surface area contributed by atoms with E-state index in [0.717, 1.165) is 31.6 Å². The molecule has 0 aromatic heterocycles. The summed E-state index contributed by atoms with van der Waals surface area (Å²) in [5.41, 5.74) is 0.977. The van der Waals surface area contributed by atoms with Crippen molar-refractivity contribution in [3.8, 4) is 0 Å². The zero-order chi connectivity index (χ0) is 13.8. The van der Waals surface area contributed by atoms with Crippen LogP contribution in [-0.4, -0.2) is 23.8 Å². The van der Waals surface area contributed by atoms with E-state index in [4.69, 9.17) is 23.2 Å². The number of hydrogen-bond acceptors (Lipinski definition) is 2. The molecule has 0 heterocycles. The largest absolute Gasteiger partial charge is 0.297 e. The average molecular weight is 293 g/mol. The first-order chi connectivity index (χ1) is 8.63. The van der Waals surface area contributed by atoms with Crippen molar-refractivity contribution in [3.63, 3.8) is 0 Å². The van der Waals surface area contributed by atoms with E-state index in [1.54, 1.807) is 6.08 Å². The van der Waals surface area contributed by atoms with E-state index in [9.17, 15) is 0 Å². The summed E-state index contributed by atoms with van der Waals surface area (Å²) in [4.78, 5) is 0. The molecular formula is C14H26Cl2N2. The van der Waals surface area contributed by atoms with Crippen LogP contribution in [0.5, 0.6) is 0 Å². The topological polar surface area (TPSA) is 15.6 Å². The molecule has 0 amide bonds. The summed E-state index contributed by atoms with van der Waals surface area (Å²) in [6, 6.07) is 0. The molecule has 18 heavy (non-hydrogen) atoms. The smallest absolute Gasteiger partial charge is 0.108 e. The van der Waals surface area contributed by atoms with Crippen molar-refractivity contribution in [3.05, 3.63) is 10.6 Å². The lowest BCUT2D eigenvalue weighted by molar-refractivity contribution is 0.278. The predicted octanol–water partition coefficient (Wildman–Crippen LogP) is 5.36. The number of halogens is 2. The first-order valence-electron chi connectivity index (χ1n) is 6.99. The summed E-state index contributed by atoms with van der Waals surface area (Å²) in [5, 5.41) is 6.84. The third-order valence-corrected chi connectivity index (χ3v) is 2.81. The van der Waals surface area contributed by atoms with Gasteiger partial charge in [-0.15, -0.1) is 0 Å². The van der Waals surface area contributed by atoms with Crippen molar-refractivity contribution in [1.82, 2.24) is 5.01 Å². The summed E-state index contributed by atoms with van der Waals surface area (Å²) in [6.07, 6.45) is 8.44. The second kappa shape index (κ2) is 11.9. The van der Waals surface area contributed by atoms with E-state index >= 15 is 0 Å². The highest BCUT2D eigenvalue weighted by Crippen LogP contribution is 2.10. The van der Waals surface area contributed by atoms with Gasteiger partial charge in [-0.25, -0.2) is 0 Å². The molecule has 0 fully saturated rings. The fourth-order valence-electron chi connectivity index (χ4n) is 1.61. The van der Waals surface area contributed by atoms with Crippen molar-refractivity contribution in [2.75, 3.05) is 13.1 Å². The van der Waals surface area contributed by atoms with Gasteiger partial charge in [-0.1, -0.05) is 63.2 Å². The molecule has 0 atom stereocenters. The number of nitrogens with zero attached hydrogens (tertiary/aromatic N) is 2. The average Bonchev–Trinajstić information content (AvgIpc) is 2.32. The van der Waals surface area contributed by atoms with E-state index < -0.39 is 0 Å². The maximum atomic E-state index is 5.73. The molecule has 2 nitrogen and oxygen atoms in total. The zero-order valence-corrected chi connectivity index (χ0v) is 13.4. The van der Waals surface area contributed by atoms with Gasteiger partial charge in [0.05, 0.1) is 5.71 Å². The Labute approximate surface area is 122 Å². The second-order valence-electron chi connectivity index (χ2n) is 4.44. The molecule has 106 valence electrons. The molecule has 0 spiro atoms. The predicted molar refractivity (Wildman–Crippen MR) is 83.5 cm³/mol. The van der Waals surface area contributed by atoms with Gasteiger partial charge in [0.15, 0.2) is 0 Å². The van der Waals surface area contributed by atoms with E-state index in [1.165, 1.54) is 25.7 Å². The van der Waals surface area contributed by atoms with Crippen LogP contribution in [0.4, 0.5) is 0 Å². The summed E-state index contributed by atoms with van der Waals surface area (Å²) in [6.45, 7) is 8.55. The van der Waals surface area contributed by atoms with Crippen molar-refractivity contribution < 1.29 is 0 Å². The van der Waals surface area contributed by atoms with Gasteiger partial charge in [0.25, 0.3) is 0 Å². The summed E-state index contributed by atoms with van der Waals surface area (Å²) < 4.78 is 0.285. The maximum absolute atomic E-state index is 5.73. The van der Waals surface area contributed by atoms with Crippen LogP contribution in [0, 0.1) is 0 Å². The van der Waals surface area contributed by atoms with Gasteiger partial charge in [0, 0.05) is 13.1 Å². The molecule has 0 aliphatic rings. The van der Waals surface area contributed by atoms with Crippen molar-refractivity contribution >= 4 is 28.9 Å². The molecule has 0 rings (SSSR count). The Morgan fingerprint density at radius 2 is 1.56 bits per heavy atom. The van der Waals surface area contributed by atoms with Crippen LogP contribution in [0.25, 0.3) is 0 Å². The van der Waals surface area contributed by atoms with E-state index in [1.807, 2.05) is 0 Å². The highest BCUT2D eigenvalue weighted by atomic mass is 35.5. The number of allylic oxidation sites excluding steroid dienone is 1. The van der Waals surface area contributed by atoms with Gasteiger partial charge < -0.3 is 0 Å². The SMILES string of the molecule is CCCCN(CCCC)N=C(C=C(Cl)Cl)CCC. The molecular weight excluding hydrogens is 267 g/mol. The van der Waals surface area contributed by atoms with E-state index in [0.29, 0.717) is 0 Å². The molecule has 0 aromatic carbocycles. The van der Waals surface area contributed by atoms with Gasteiger partial charge in [0.1, 0.15) is 4.49 Å². The van der Waals surface area contributed by atoms with Crippen molar-refractivity contribution in [2.24, 2.45) is 5.10 Å². The molecule has 0 bridgehead atoms. The van der Waals surface area contributed by atoms with Crippen LogP contribution in [-0.2, 0) is 0 Å². The standard InChI is InChI=1S/C14H26Cl2N2/c1-4-7-10-18(11-8-5-2)17-13(9-6-3)12-14(15)16/h12H,4-11H2,1-3H3. The number of unbranched alkanes of at least 4 members (excludes halogenated alkanes) is 2. The van der Waals surface area contributed by atoms with Crippen molar-refractivity contribution in [2.45, 2.75) is 59.3 Å². The minimum atomic E-state index is 0.285. The number of hydrogen-bond donors (Lipinski definition) is 0. The Morgan fingerprint density at radius 3 is 1.94 bits per heavy atom. The molecule has 4 heteroatoms. The van der Waals surface area contributed by atoms with Crippen LogP contribution < -0.4 is 0 Å². The van der Waals surface area contributed by atoms with Crippen LogP contribution >= 0.6 is 23.2 Å². The Kier molecular flexibility index (Phi) is 11.7. The summed E-state index contributed by atoms with van der Waals surface area (Å²) >= 11 is 11.5. The molecule has 0 saturated heterocycles. The van der Waals surface area contributed by atoms with Gasteiger partial charge in [-0.3, -0.25) is 5.01 Å². The van der Waals surface area contributed by atoms with Crippen LogP contribution in [0.3, 0.4) is 0 Å². The maximum Gasteiger partial charge on any atom is 0.108 e. The van der Waals surface area contributed by atoms with Gasteiger partial charge in [0.2, 0.25) is 0 Å². The monoisotopic (exact) mass is 292 g/mol.